The molecule has 0 radical (unpaired) electrons. The van der Waals surface area contributed by atoms with Gasteiger partial charge in [-0.3, -0.25) is 14.3 Å². The maximum Gasteiger partial charge on any atom is 0.318 e. The molecule has 34 heavy (non-hydrogen) atoms. The van der Waals surface area contributed by atoms with Crippen LogP contribution in [0.1, 0.15) is 12.0 Å². The average Bonchev–Trinajstić information content (AvgIpc) is 3.26. The number of likely N-dealkylation sites (N-methyl/N-ethyl adjacent to an activating group) is 1. The summed E-state index contributed by atoms with van der Waals surface area (Å²) in [6.45, 7) is 3.02. The summed E-state index contributed by atoms with van der Waals surface area (Å²) in [5.41, 5.74) is 1.66. The zero-order chi connectivity index (χ0) is 24.3. The Kier molecular flexibility index (Phi) is 8.78. The second kappa shape index (κ2) is 12.2. The van der Waals surface area contributed by atoms with E-state index in [0.717, 1.165) is 11.3 Å². The van der Waals surface area contributed by atoms with E-state index >= 15 is 0 Å². The Bertz CT molecular complexity index is 1080. The number of nitrogens with one attached hydrogen (secondary N) is 2. The highest BCUT2D eigenvalue weighted by atomic mass is 16.5. The Morgan fingerprint density at radius 3 is 2.68 bits per heavy atom. The van der Waals surface area contributed by atoms with Crippen molar-refractivity contribution in [2.45, 2.75) is 19.9 Å². The summed E-state index contributed by atoms with van der Waals surface area (Å²) in [6.07, 6.45) is 4.78. The van der Waals surface area contributed by atoms with E-state index in [4.69, 9.17) is 9.47 Å². The first-order valence-electron chi connectivity index (χ1n) is 10.8. The Morgan fingerprint density at radius 2 is 1.91 bits per heavy atom. The summed E-state index contributed by atoms with van der Waals surface area (Å²) in [7, 11) is 3.45. The van der Waals surface area contributed by atoms with Crippen molar-refractivity contribution in [3.63, 3.8) is 0 Å². The van der Waals surface area contributed by atoms with Crippen LogP contribution < -0.4 is 20.1 Å². The molecule has 3 aromatic rings. The predicted molar refractivity (Wildman–Crippen MR) is 127 cm³/mol. The fraction of sp³-hybridized carbons (Fsp3) is 0.348. The number of carbonyl (C=O) groups excluding carboxylic acids is 2. The van der Waals surface area contributed by atoms with Gasteiger partial charge in [-0.1, -0.05) is 17.7 Å². The van der Waals surface area contributed by atoms with Gasteiger partial charge in [-0.15, -0.1) is 0 Å². The van der Waals surface area contributed by atoms with Crippen LogP contribution in [0.15, 0.2) is 48.9 Å². The van der Waals surface area contributed by atoms with Gasteiger partial charge in [-0.25, -0.2) is 4.98 Å². The van der Waals surface area contributed by atoms with Crippen LogP contribution in [0, 0.1) is 6.92 Å². The number of ether oxygens (including phenoxy) is 2. The van der Waals surface area contributed by atoms with Crippen molar-refractivity contribution in [1.82, 2.24) is 24.6 Å². The third-order valence-electron chi connectivity index (χ3n) is 4.81. The normalized spacial score (nSPS) is 10.4. The molecule has 0 unspecified atom stereocenters. The minimum absolute atomic E-state index is 0.0547. The van der Waals surface area contributed by atoms with Crippen LogP contribution in [0.3, 0.4) is 0 Å². The van der Waals surface area contributed by atoms with Crippen molar-refractivity contribution in [2.75, 3.05) is 44.5 Å². The standard InChI is InChI=1S/C23H29N7O4/c1-17-4-6-19(7-5-17)33-13-11-29(3)22(32)16-30-15-18(14-26-30)27-21(31)9-12-34-23-25-10-8-20(24-2)28-23/h4-8,10,14-15H,9,11-13,16H2,1-3H3,(H,27,31)(H,24,25,28). The van der Waals surface area contributed by atoms with Crippen molar-refractivity contribution < 1.29 is 19.1 Å². The molecule has 0 bridgehead atoms. The van der Waals surface area contributed by atoms with Gasteiger partial charge in [0, 0.05) is 26.5 Å². The molecule has 0 aliphatic heterocycles. The third-order valence-corrected chi connectivity index (χ3v) is 4.81. The van der Waals surface area contributed by atoms with Gasteiger partial charge in [0.1, 0.15) is 31.3 Å². The van der Waals surface area contributed by atoms with E-state index in [1.807, 2.05) is 31.2 Å². The van der Waals surface area contributed by atoms with Gasteiger partial charge in [-0.05, 0) is 25.1 Å². The van der Waals surface area contributed by atoms with E-state index in [-0.39, 0.29) is 37.4 Å². The predicted octanol–water partition coefficient (Wildman–Crippen LogP) is 1.97. The van der Waals surface area contributed by atoms with Crippen LogP contribution in [0.25, 0.3) is 0 Å². The van der Waals surface area contributed by atoms with Gasteiger partial charge in [0.15, 0.2) is 0 Å². The van der Waals surface area contributed by atoms with Gasteiger partial charge in [-0.2, -0.15) is 10.1 Å². The molecule has 1 aromatic carbocycles. The highest BCUT2D eigenvalue weighted by Gasteiger charge is 2.12. The molecule has 0 aliphatic rings. The van der Waals surface area contributed by atoms with Crippen LogP contribution in [-0.4, -0.2) is 70.3 Å². The molecule has 3 rings (SSSR count). The highest BCUT2D eigenvalue weighted by molar-refractivity contribution is 5.90. The van der Waals surface area contributed by atoms with E-state index in [0.29, 0.717) is 24.7 Å². The zero-order valence-corrected chi connectivity index (χ0v) is 19.5. The van der Waals surface area contributed by atoms with Crippen molar-refractivity contribution >= 4 is 23.3 Å². The van der Waals surface area contributed by atoms with Crippen LogP contribution in [0.5, 0.6) is 11.8 Å². The smallest absolute Gasteiger partial charge is 0.318 e. The Labute approximate surface area is 198 Å². The van der Waals surface area contributed by atoms with E-state index in [1.54, 1.807) is 37.5 Å². The quantitative estimate of drug-likeness (QED) is 0.414. The molecule has 0 atom stereocenters. The number of amides is 2. The largest absolute Gasteiger partial charge is 0.492 e. The monoisotopic (exact) mass is 467 g/mol. The topological polar surface area (TPSA) is 124 Å². The molecule has 11 heteroatoms. The van der Waals surface area contributed by atoms with Crippen LogP contribution in [0.4, 0.5) is 11.5 Å². The fourth-order valence-electron chi connectivity index (χ4n) is 2.84. The molecule has 0 aliphatic carbocycles. The number of hydrogen-bond donors (Lipinski definition) is 2. The third kappa shape index (κ3) is 7.76. The number of rotatable bonds is 12. The molecule has 11 nitrogen and oxygen atoms in total. The minimum Gasteiger partial charge on any atom is -0.492 e. The highest BCUT2D eigenvalue weighted by Crippen LogP contribution is 2.11. The van der Waals surface area contributed by atoms with E-state index in [2.05, 4.69) is 25.7 Å². The maximum absolute atomic E-state index is 12.4. The Hall–Kier alpha value is -4.15. The van der Waals surface area contributed by atoms with Crippen molar-refractivity contribution in [3.05, 3.63) is 54.5 Å². The van der Waals surface area contributed by atoms with Crippen molar-refractivity contribution in [3.8, 4) is 11.8 Å². The molecule has 2 N–H and O–H groups in total. The van der Waals surface area contributed by atoms with Gasteiger partial charge < -0.3 is 25.0 Å². The number of aryl methyl sites for hydroxylation is 1. The zero-order valence-electron chi connectivity index (χ0n) is 19.5. The lowest BCUT2D eigenvalue weighted by molar-refractivity contribution is -0.131. The number of anilines is 2. The lowest BCUT2D eigenvalue weighted by atomic mass is 10.2. The second-order valence-corrected chi connectivity index (χ2v) is 7.52. The molecular weight excluding hydrogens is 438 g/mol. The van der Waals surface area contributed by atoms with E-state index in [9.17, 15) is 9.59 Å². The summed E-state index contributed by atoms with van der Waals surface area (Å²) in [5.74, 6) is 1.02. The molecule has 2 amide bonds. The van der Waals surface area contributed by atoms with Crippen molar-refractivity contribution in [1.29, 1.82) is 0 Å². The molecular formula is C23H29N7O4. The SMILES string of the molecule is CNc1ccnc(OCCC(=O)Nc2cnn(CC(=O)N(C)CCOc3ccc(C)cc3)c2)n1. The van der Waals surface area contributed by atoms with Gasteiger partial charge >= 0.3 is 6.01 Å². The summed E-state index contributed by atoms with van der Waals surface area (Å²) >= 11 is 0. The Morgan fingerprint density at radius 1 is 1.12 bits per heavy atom. The molecule has 0 spiro atoms. The first-order valence-corrected chi connectivity index (χ1v) is 10.8. The van der Waals surface area contributed by atoms with Crippen LogP contribution in [-0.2, 0) is 16.1 Å². The molecule has 2 aromatic heterocycles. The molecule has 0 saturated carbocycles. The first-order chi connectivity index (χ1) is 16.4. The van der Waals surface area contributed by atoms with Gasteiger partial charge in [0.25, 0.3) is 0 Å². The van der Waals surface area contributed by atoms with Crippen molar-refractivity contribution in [2.24, 2.45) is 0 Å². The molecule has 180 valence electrons. The minimum atomic E-state index is -0.249. The number of carbonyl (C=O) groups is 2. The number of benzene rings is 1. The molecule has 0 saturated heterocycles. The van der Waals surface area contributed by atoms with Crippen LogP contribution >= 0.6 is 0 Å². The second-order valence-electron chi connectivity index (χ2n) is 7.52. The number of hydrogen-bond acceptors (Lipinski definition) is 8. The lowest BCUT2D eigenvalue weighted by Gasteiger charge is -2.17. The summed E-state index contributed by atoms with van der Waals surface area (Å²) in [5, 5.41) is 9.76. The summed E-state index contributed by atoms with van der Waals surface area (Å²) in [4.78, 5) is 34.3. The number of nitrogens with zero attached hydrogens (tertiary/aromatic N) is 5. The fourth-order valence-corrected chi connectivity index (χ4v) is 2.84. The lowest BCUT2D eigenvalue weighted by Crippen LogP contribution is -2.33. The Balaban J connectivity index is 1.36. The summed E-state index contributed by atoms with van der Waals surface area (Å²) < 4.78 is 12.5. The molecule has 2 heterocycles. The average molecular weight is 468 g/mol. The van der Waals surface area contributed by atoms with Crippen LogP contribution in [0.2, 0.25) is 0 Å². The van der Waals surface area contributed by atoms with Gasteiger partial charge in [0.05, 0.1) is 24.8 Å². The first kappa shape index (κ1) is 24.5. The number of aromatic nitrogens is 4. The maximum atomic E-state index is 12.4. The van der Waals surface area contributed by atoms with Gasteiger partial charge in [0.2, 0.25) is 11.8 Å². The molecule has 0 fully saturated rings. The van der Waals surface area contributed by atoms with E-state index < -0.39 is 0 Å². The summed E-state index contributed by atoms with van der Waals surface area (Å²) in [6, 6.07) is 9.65. The van der Waals surface area contributed by atoms with E-state index in [1.165, 1.54) is 10.9 Å².